The zero-order valence-electron chi connectivity index (χ0n) is 13.2. The van der Waals surface area contributed by atoms with Gasteiger partial charge in [-0.25, -0.2) is 4.99 Å². The minimum Gasteiger partial charge on any atom is -0.386 e. The van der Waals surface area contributed by atoms with Crippen molar-refractivity contribution in [3.8, 4) is 12.1 Å². The van der Waals surface area contributed by atoms with Crippen LogP contribution in [0.2, 0.25) is 0 Å². The third-order valence-corrected chi connectivity index (χ3v) is 5.24. The normalized spacial score (nSPS) is 40.8. The third-order valence-electron chi connectivity index (χ3n) is 5.24. The first-order valence-electron chi connectivity index (χ1n) is 7.63. The summed E-state index contributed by atoms with van der Waals surface area (Å²) in [5.41, 5.74) is 3.75. The fraction of sp³-hybridized carbons (Fsp3) is 0.438. The van der Waals surface area contributed by atoms with Crippen LogP contribution in [0.25, 0.3) is 0 Å². The van der Waals surface area contributed by atoms with E-state index in [0.29, 0.717) is 5.56 Å². The fourth-order valence-electron chi connectivity index (χ4n) is 4.15. The van der Waals surface area contributed by atoms with Gasteiger partial charge in [0.25, 0.3) is 11.6 Å². The van der Waals surface area contributed by atoms with Crippen molar-refractivity contribution >= 4 is 11.5 Å². The van der Waals surface area contributed by atoms with Crippen LogP contribution in [0, 0.1) is 43.6 Å². The summed E-state index contributed by atoms with van der Waals surface area (Å²) in [5, 5.41) is 30.7. The summed E-state index contributed by atoms with van der Waals surface area (Å²) in [6, 6.07) is 10.0. The van der Waals surface area contributed by atoms with Gasteiger partial charge in [0, 0.05) is 18.1 Å². The van der Waals surface area contributed by atoms with Crippen LogP contribution in [0.15, 0.2) is 29.3 Å². The molecular weight excluding hydrogens is 326 g/mol. The largest absolute Gasteiger partial charge is 0.386 e. The standard InChI is InChI=1S/C16H13N5O4/c1-9-6-24-16(25-9)15(8-18)12(14(15,7-17)13(19)20-16)10-2-4-11(5-3-10)21(22)23/h2-5,9,12H,6H2,1H3,(H2,19,20)/t9-,12-,14-,15-,16+/m1/s1. The van der Waals surface area contributed by atoms with Crippen LogP contribution in [0.4, 0.5) is 5.69 Å². The Hall–Kier alpha value is -3.01. The van der Waals surface area contributed by atoms with Crippen LogP contribution in [0.3, 0.4) is 0 Å². The second kappa shape index (κ2) is 4.54. The fourth-order valence-corrected chi connectivity index (χ4v) is 4.15. The predicted octanol–water partition coefficient (Wildman–Crippen LogP) is 1.17. The van der Waals surface area contributed by atoms with Gasteiger partial charge >= 0.3 is 0 Å². The Morgan fingerprint density at radius 1 is 1.36 bits per heavy atom. The van der Waals surface area contributed by atoms with Crippen molar-refractivity contribution in [3.05, 3.63) is 39.9 Å². The molecular formula is C16H13N5O4. The molecule has 3 aliphatic rings. The lowest BCUT2D eigenvalue weighted by molar-refractivity contribution is -0.384. The van der Waals surface area contributed by atoms with E-state index in [4.69, 9.17) is 15.2 Å². The first-order chi connectivity index (χ1) is 11.9. The van der Waals surface area contributed by atoms with Crippen LogP contribution in [0.1, 0.15) is 18.4 Å². The average Bonchev–Trinajstić information content (AvgIpc) is 2.99. The van der Waals surface area contributed by atoms with Gasteiger partial charge in [0.2, 0.25) is 0 Å². The summed E-state index contributed by atoms with van der Waals surface area (Å²) >= 11 is 0. The molecule has 0 aromatic heterocycles. The van der Waals surface area contributed by atoms with E-state index < -0.39 is 27.6 Å². The van der Waals surface area contributed by atoms with E-state index in [9.17, 15) is 20.6 Å². The first kappa shape index (κ1) is 15.5. The summed E-state index contributed by atoms with van der Waals surface area (Å²) < 4.78 is 11.5. The second-order valence-corrected chi connectivity index (χ2v) is 6.44. The second-order valence-electron chi connectivity index (χ2n) is 6.44. The van der Waals surface area contributed by atoms with Crippen molar-refractivity contribution in [2.75, 3.05) is 6.61 Å². The SMILES string of the molecule is C[C@@H]1CO[C@]2(N=C(N)[C@@]3(C#N)[C@@H](c4ccc([N+](=O)[O-])cc4)[C@@]23C#N)O1. The number of aliphatic imine (C=N–C) groups is 1. The van der Waals surface area contributed by atoms with Crippen LogP contribution in [-0.2, 0) is 9.47 Å². The van der Waals surface area contributed by atoms with Crippen LogP contribution in [-0.4, -0.2) is 29.4 Å². The van der Waals surface area contributed by atoms with Crippen LogP contribution in [0.5, 0.6) is 0 Å². The van der Waals surface area contributed by atoms with E-state index in [0.717, 1.165) is 0 Å². The smallest absolute Gasteiger partial charge is 0.293 e. The molecule has 4 rings (SSSR count). The van der Waals surface area contributed by atoms with Gasteiger partial charge in [-0.2, -0.15) is 10.5 Å². The number of hydrogen-bond donors (Lipinski definition) is 1. The molecule has 1 saturated heterocycles. The van der Waals surface area contributed by atoms with Crippen LogP contribution < -0.4 is 5.73 Å². The number of nitrogens with zero attached hydrogens (tertiary/aromatic N) is 4. The number of benzene rings is 1. The molecule has 2 heterocycles. The minimum absolute atomic E-state index is 0.00555. The number of hydrogen-bond acceptors (Lipinski definition) is 8. The molecule has 0 unspecified atom stereocenters. The number of rotatable bonds is 2. The molecule has 0 bridgehead atoms. The van der Waals surface area contributed by atoms with E-state index in [1.165, 1.54) is 24.3 Å². The summed E-state index contributed by atoms with van der Waals surface area (Å²) in [4.78, 5) is 14.5. The maximum Gasteiger partial charge on any atom is 0.293 e. The van der Waals surface area contributed by atoms with Gasteiger partial charge in [0.1, 0.15) is 11.3 Å². The highest BCUT2D eigenvalue weighted by atomic mass is 16.8. The first-order valence-corrected chi connectivity index (χ1v) is 7.63. The molecule has 0 radical (unpaired) electrons. The molecule has 0 amide bonds. The van der Waals surface area contributed by atoms with Crippen molar-refractivity contribution in [2.24, 2.45) is 21.6 Å². The number of nitro groups is 1. The third kappa shape index (κ3) is 1.50. The summed E-state index contributed by atoms with van der Waals surface area (Å²) in [5.74, 6) is -2.26. The van der Waals surface area contributed by atoms with Crippen molar-refractivity contribution < 1.29 is 14.4 Å². The molecule has 1 aromatic carbocycles. The van der Waals surface area contributed by atoms with Gasteiger partial charge in [-0.1, -0.05) is 12.1 Å². The highest BCUT2D eigenvalue weighted by Crippen LogP contribution is 2.82. The van der Waals surface area contributed by atoms with Gasteiger partial charge in [-0.15, -0.1) is 0 Å². The number of nitrogens with two attached hydrogens (primary N) is 1. The predicted molar refractivity (Wildman–Crippen MR) is 82.8 cm³/mol. The van der Waals surface area contributed by atoms with E-state index in [2.05, 4.69) is 17.1 Å². The van der Waals surface area contributed by atoms with Crippen molar-refractivity contribution in [1.82, 2.24) is 0 Å². The molecule has 25 heavy (non-hydrogen) atoms. The Labute approximate surface area is 142 Å². The van der Waals surface area contributed by atoms with Crippen molar-refractivity contribution in [1.29, 1.82) is 10.5 Å². The maximum absolute atomic E-state index is 10.8. The van der Waals surface area contributed by atoms with E-state index in [-0.39, 0.29) is 24.2 Å². The number of amidine groups is 1. The molecule has 1 saturated carbocycles. The molecule has 2 aliphatic heterocycles. The van der Waals surface area contributed by atoms with Gasteiger partial charge < -0.3 is 15.2 Å². The summed E-state index contributed by atoms with van der Waals surface area (Å²) in [7, 11) is 0. The lowest BCUT2D eigenvalue weighted by atomic mass is 9.94. The molecule has 1 spiro atoms. The maximum atomic E-state index is 10.8. The van der Waals surface area contributed by atoms with E-state index in [1.807, 2.05) is 0 Å². The number of nitriles is 2. The molecule has 5 atom stereocenters. The van der Waals surface area contributed by atoms with Crippen molar-refractivity contribution in [2.45, 2.75) is 24.9 Å². The van der Waals surface area contributed by atoms with E-state index >= 15 is 0 Å². The Morgan fingerprint density at radius 3 is 2.52 bits per heavy atom. The van der Waals surface area contributed by atoms with Crippen molar-refractivity contribution in [3.63, 3.8) is 0 Å². The molecule has 9 heteroatoms. The number of non-ortho nitro benzene ring substituents is 1. The molecule has 1 aromatic rings. The minimum atomic E-state index is -1.62. The zero-order chi connectivity index (χ0) is 18.0. The zero-order valence-corrected chi connectivity index (χ0v) is 13.2. The lowest BCUT2D eigenvalue weighted by Crippen LogP contribution is -2.39. The quantitative estimate of drug-likeness (QED) is 0.628. The summed E-state index contributed by atoms with van der Waals surface area (Å²) in [6.45, 7) is 2.01. The molecule has 2 N–H and O–H groups in total. The highest BCUT2D eigenvalue weighted by Gasteiger charge is 2.94. The van der Waals surface area contributed by atoms with Gasteiger partial charge in [0.05, 0.1) is 29.8 Å². The number of fused-ring (bicyclic) bond motifs is 2. The Balaban J connectivity index is 1.85. The van der Waals surface area contributed by atoms with Gasteiger partial charge in [-0.3, -0.25) is 10.1 Å². The average molecular weight is 339 g/mol. The highest BCUT2D eigenvalue weighted by molar-refractivity contribution is 6.00. The summed E-state index contributed by atoms with van der Waals surface area (Å²) in [6.07, 6.45) is -0.297. The molecule has 9 nitrogen and oxygen atoms in total. The van der Waals surface area contributed by atoms with Crippen LogP contribution >= 0.6 is 0 Å². The Bertz CT molecular complexity index is 901. The monoisotopic (exact) mass is 339 g/mol. The van der Waals surface area contributed by atoms with E-state index in [1.54, 1.807) is 6.92 Å². The Kier molecular flexibility index (Phi) is 2.82. The van der Waals surface area contributed by atoms with Gasteiger partial charge in [0.15, 0.2) is 5.41 Å². The Morgan fingerprint density at radius 2 is 2.04 bits per heavy atom. The lowest BCUT2D eigenvalue weighted by Gasteiger charge is -2.26. The molecule has 2 fully saturated rings. The topological polar surface area (TPSA) is 148 Å². The molecule has 1 aliphatic carbocycles. The molecule has 126 valence electrons. The number of nitro benzene ring substituents is 1. The number of ether oxygens (including phenoxy) is 2. The van der Waals surface area contributed by atoms with Gasteiger partial charge in [-0.05, 0) is 12.5 Å².